The monoisotopic (exact) mass is 487 g/mol. The molecule has 5 rings (SSSR count). The van der Waals surface area contributed by atoms with Crippen LogP contribution in [0.15, 0.2) is 29.1 Å². The van der Waals surface area contributed by atoms with Crippen LogP contribution in [0.4, 0.5) is 4.39 Å². The molecule has 172 valence electrons. The summed E-state index contributed by atoms with van der Waals surface area (Å²) in [6.07, 6.45) is 2.90. The average Bonchev–Trinajstić information content (AvgIpc) is 3.34. The normalized spacial score (nSPS) is 15.4. The summed E-state index contributed by atoms with van der Waals surface area (Å²) in [5.74, 6) is -0.675. The Balaban J connectivity index is 1.44. The summed E-state index contributed by atoms with van der Waals surface area (Å²) in [5, 5.41) is 6.90. The number of benzene rings is 1. The lowest BCUT2D eigenvalue weighted by molar-refractivity contribution is 0.0717. The van der Waals surface area contributed by atoms with Crippen molar-refractivity contribution in [1.82, 2.24) is 24.6 Å². The fourth-order valence-corrected chi connectivity index (χ4v) is 4.90. The van der Waals surface area contributed by atoms with Gasteiger partial charge in [-0.2, -0.15) is 5.10 Å². The number of carbonyl (C=O) groups is 2. The van der Waals surface area contributed by atoms with Gasteiger partial charge in [0, 0.05) is 48.2 Å². The van der Waals surface area contributed by atoms with Crippen molar-refractivity contribution in [2.75, 3.05) is 13.6 Å². The van der Waals surface area contributed by atoms with Gasteiger partial charge in [-0.25, -0.2) is 9.37 Å². The second-order valence-electron chi connectivity index (χ2n) is 8.64. The Morgan fingerprint density at radius 1 is 1.33 bits per heavy atom. The van der Waals surface area contributed by atoms with Gasteiger partial charge in [-0.3, -0.25) is 14.3 Å². The Labute approximate surface area is 199 Å². The third-order valence-corrected chi connectivity index (χ3v) is 7.01. The molecule has 2 aromatic heterocycles. The van der Waals surface area contributed by atoms with Crippen molar-refractivity contribution in [2.24, 2.45) is 5.92 Å². The Morgan fingerprint density at radius 3 is 2.88 bits per heavy atom. The summed E-state index contributed by atoms with van der Waals surface area (Å²) in [5.41, 5.74) is 4.57. The number of hydrogen-bond donors (Lipinski definition) is 0. The highest BCUT2D eigenvalue weighted by Gasteiger charge is 2.34. The molecule has 3 aromatic rings. The average molecular weight is 488 g/mol. The van der Waals surface area contributed by atoms with E-state index < -0.39 is 11.7 Å². The van der Waals surface area contributed by atoms with Crippen LogP contribution in [0.3, 0.4) is 0 Å². The van der Waals surface area contributed by atoms with E-state index in [4.69, 9.17) is 16.7 Å². The summed E-state index contributed by atoms with van der Waals surface area (Å²) in [6, 6.07) is 3.96. The minimum absolute atomic E-state index is 0.0650. The quantitative estimate of drug-likeness (QED) is 0.526. The molecule has 0 atom stereocenters. The van der Waals surface area contributed by atoms with Crippen LogP contribution in [0.25, 0.3) is 0 Å². The zero-order valence-electron chi connectivity index (χ0n) is 18.1. The fourth-order valence-electron chi connectivity index (χ4n) is 4.17. The van der Waals surface area contributed by atoms with Crippen molar-refractivity contribution in [3.8, 4) is 0 Å². The molecular formula is C23H23ClFN5O2S. The first-order valence-corrected chi connectivity index (χ1v) is 12.2. The number of amides is 2. The van der Waals surface area contributed by atoms with E-state index in [1.54, 1.807) is 22.4 Å². The highest BCUT2D eigenvalue weighted by atomic mass is 35.5. The Bertz CT molecular complexity index is 1210. The molecule has 1 aromatic carbocycles. The van der Waals surface area contributed by atoms with Crippen molar-refractivity contribution < 1.29 is 14.0 Å². The standard InChI is InChI=1S/C23H23ClFN5O2S/c1-28(10-16-12-33-13-26-16)23(32)21-18-11-29(22(31)17-8-15(24)4-5-19(17)25)7-6-20(18)30(27-21)9-14-2-3-14/h4-5,8,12-14H,2-3,6-7,9-11H2,1H3. The van der Waals surface area contributed by atoms with Gasteiger partial charge in [0.15, 0.2) is 5.69 Å². The molecule has 1 aliphatic carbocycles. The van der Waals surface area contributed by atoms with E-state index in [9.17, 15) is 14.0 Å². The molecule has 1 saturated carbocycles. The van der Waals surface area contributed by atoms with Gasteiger partial charge in [-0.15, -0.1) is 11.3 Å². The SMILES string of the molecule is CN(Cc1cscn1)C(=O)c1nn(CC2CC2)c2c1CN(C(=O)c1cc(Cl)ccc1F)CC2. The largest absolute Gasteiger partial charge is 0.334 e. The van der Waals surface area contributed by atoms with Crippen LogP contribution in [0.5, 0.6) is 0 Å². The molecule has 3 heterocycles. The number of aromatic nitrogens is 3. The molecule has 1 aliphatic heterocycles. The highest BCUT2D eigenvalue weighted by molar-refractivity contribution is 7.07. The third kappa shape index (κ3) is 4.52. The summed E-state index contributed by atoms with van der Waals surface area (Å²) in [6.45, 7) is 1.79. The predicted molar refractivity (Wildman–Crippen MR) is 123 cm³/mol. The van der Waals surface area contributed by atoms with Gasteiger partial charge in [0.05, 0.1) is 29.9 Å². The van der Waals surface area contributed by atoms with Crippen molar-refractivity contribution in [2.45, 2.75) is 38.9 Å². The molecule has 0 saturated heterocycles. The molecule has 0 N–H and O–H groups in total. The zero-order chi connectivity index (χ0) is 23.1. The zero-order valence-corrected chi connectivity index (χ0v) is 19.7. The summed E-state index contributed by atoms with van der Waals surface area (Å²) < 4.78 is 16.3. The van der Waals surface area contributed by atoms with Crippen molar-refractivity contribution in [3.05, 3.63) is 68.1 Å². The van der Waals surface area contributed by atoms with E-state index in [0.717, 1.165) is 23.5 Å². The maximum atomic E-state index is 14.3. The van der Waals surface area contributed by atoms with Gasteiger partial charge < -0.3 is 9.80 Å². The summed E-state index contributed by atoms with van der Waals surface area (Å²) in [7, 11) is 1.72. The molecule has 0 unspecified atom stereocenters. The molecule has 1 fully saturated rings. The van der Waals surface area contributed by atoms with Crippen molar-refractivity contribution in [3.63, 3.8) is 0 Å². The van der Waals surface area contributed by atoms with Crippen LogP contribution >= 0.6 is 22.9 Å². The first-order valence-electron chi connectivity index (χ1n) is 10.9. The number of carbonyl (C=O) groups excluding carboxylic acids is 2. The minimum Gasteiger partial charge on any atom is -0.334 e. The molecule has 0 bridgehead atoms. The second-order valence-corrected chi connectivity index (χ2v) is 9.80. The Morgan fingerprint density at radius 2 is 2.15 bits per heavy atom. The van der Waals surface area contributed by atoms with Crippen molar-refractivity contribution in [1.29, 1.82) is 0 Å². The van der Waals surface area contributed by atoms with E-state index >= 15 is 0 Å². The smallest absolute Gasteiger partial charge is 0.274 e. The van der Waals surface area contributed by atoms with Crippen LogP contribution in [0, 0.1) is 11.7 Å². The molecular weight excluding hydrogens is 465 g/mol. The van der Waals surface area contributed by atoms with Gasteiger partial charge in [0.25, 0.3) is 11.8 Å². The number of hydrogen-bond acceptors (Lipinski definition) is 5. The van der Waals surface area contributed by atoms with Crippen LogP contribution in [-0.2, 0) is 26.1 Å². The number of nitrogens with zero attached hydrogens (tertiary/aromatic N) is 5. The van der Waals surface area contributed by atoms with E-state index in [1.807, 2.05) is 10.1 Å². The first kappa shape index (κ1) is 22.0. The van der Waals surface area contributed by atoms with E-state index in [2.05, 4.69) is 4.98 Å². The van der Waals surface area contributed by atoms with Gasteiger partial charge >= 0.3 is 0 Å². The van der Waals surface area contributed by atoms with Crippen molar-refractivity contribution >= 4 is 34.8 Å². The molecule has 0 radical (unpaired) electrons. The van der Waals surface area contributed by atoms with Gasteiger partial charge in [-0.1, -0.05) is 11.6 Å². The highest BCUT2D eigenvalue weighted by Crippen LogP contribution is 2.33. The van der Waals surface area contributed by atoms with E-state index in [-0.39, 0.29) is 18.0 Å². The predicted octanol–water partition coefficient (Wildman–Crippen LogP) is 4.01. The molecule has 33 heavy (non-hydrogen) atoms. The topological polar surface area (TPSA) is 71.3 Å². The lowest BCUT2D eigenvalue weighted by atomic mass is 10.0. The summed E-state index contributed by atoms with van der Waals surface area (Å²) in [4.78, 5) is 33.9. The molecule has 10 heteroatoms. The second kappa shape index (κ2) is 8.87. The number of rotatable bonds is 6. The third-order valence-electron chi connectivity index (χ3n) is 6.14. The molecule has 2 aliphatic rings. The Hall–Kier alpha value is -2.78. The van der Waals surface area contributed by atoms with Gasteiger partial charge in [0.2, 0.25) is 0 Å². The van der Waals surface area contributed by atoms with Crippen LogP contribution < -0.4 is 0 Å². The lowest BCUT2D eigenvalue weighted by Crippen LogP contribution is -2.37. The minimum atomic E-state index is -0.612. The van der Waals surface area contributed by atoms with E-state index in [1.165, 1.54) is 42.4 Å². The maximum Gasteiger partial charge on any atom is 0.274 e. The maximum absolute atomic E-state index is 14.3. The van der Waals surface area contributed by atoms with Gasteiger partial charge in [-0.05, 0) is 37.0 Å². The van der Waals surface area contributed by atoms with Crippen LogP contribution in [-0.4, -0.2) is 50.0 Å². The fraction of sp³-hybridized carbons (Fsp3) is 0.391. The van der Waals surface area contributed by atoms with E-state index in [0.29, 0.717) is 36.1 Å². The van der Waals surface area contributed by atoms with Gasteiger partial charge in [0.1, 0.15) is 5.82 Å². The van der Waals surface area contributed by atoms with Crippen LogP contribution in [0.1, 0.15) is 50.6 Å². The lowest BCUT2D eigenvalue weighted by Gasteiger charge is -2.28. The molecule has 2 amide bonds. The summed E-state index contributed by atoms with van der Waals surface area (Å²) >= 11 is 7.47. The number of thiazole rings is 1. The van der Waals surface area contributed by atoms with Crippen LogP contribution in [0.2, 0.25) is 5.02 Å². The molecule has 0 spiro atoms. The Kier molecular flexibility index (Phi) is 5.92. The molecule has 7 nitrogen and oxygen atoms in total. The number of fused-ring (bicyclic) bond motifs is 1. The number of halogens is 2. The first-order chi connectivity index (χ1) is 15.9.